The molecule has 1 saturated heterocycles. The summed E-state index contributed by atoms with van der Waals surface area (Å²) in [5, 5.41) is 2.61. The van der Waals surface area contributed by atoms with Crippen molar-refractivity contribution in [2.75, 3.05) is 18.5 Å². The van der Waals surface area contributed by atoms with E-state index in [0.29, 0.717) is 28.6 Å². The van der Waals surface area contributed by atoms with Crippen LogP contribution in [0.2, 0.25) is 0 Å². The fourth-order valence-electron chi connectivity index (χ4n) is 4.23. The van der Waals surface area contributed by atoms with Crippen molar-refractivity contribution in [2.45, 2.75) is 40.2 Å². The molecule has 0 aromatic heterocycles. The third-order valence-electron chi connectivity index (χ3n) is 6.08. The quantitative estimate of drug-likeness (QED) is 0.284. The van der Waals surface area contributed by atoms with Gasteiger partial charge in [-0.25, -0.2) is 0 Å². The zero-order valence-corrected chi connectivity index (χ0v) is 23.3. The van der Waals surface area contributed by atoms with Crippen LogP contribution >= 0.6 is 11.8 Å². The molecule has 0 aliphatic carbocycles. The molecule has 1 fully saturated rings. The Morgan fingerprint density at radius 2 is 1.79 bits per heavy atom. The minimum absolute atomic E-state index is 0.191. The predicted octanol–water partition coefficient (Wildman–Crippen LogP) is 6.77. The molecule has 0 bridgehead atoms. The predicted molar refractivity (Wildman–Crippen MR) is 155 cm³/mol. The second kappa shape index (κ2) is 12.7. The molecule has 0 unspecified atom stereocenters. The molecule has 0 radical (unpaired) electrons. The van der Waals surface area contributed by atoms with Crippen LogP contribution in [0.1, 0.15) is 48.9 Å². The lowest BCUT2D eigenvalue weighted by Gasteiger charge is -2.15. The topological polar surface area (TPSA) is 84.9 Å². The van der Waals surface area contributed by atoms with Gasteiger partial charge < -0.3 is 14.8 Å². The van der Waals surface area contributed by atoms with Crippen molar-refractivity contribution in [3.8, 4) is 11.5 Å². The van der Waals surface area contributed by atoms with Gasteiger partial charge in [-0.05, 0) is 72.5 Å². The summed E-state index contributed by atoms with van der Waals surface area (Å²) in [7, 11) is 0. The lowest BCUT2D eigenvalue weighted by molar-refractivity contribution is -0.123. The molecular formula is C31H32N2O5S. The van der Waals surface area contributed by atoms with Crippen molar-refractivity contribution in [3.05, 3.63) is 93.9 Å². The number of nitrogens with one attached hydrogen (secondary N) is 1. The normalized spacial score (nSPS) is 14.3. The molecule has 202 valence electrons. The molecule has 7 nitrogen and oxygen atoms in total. The second-order valence-corrected chi connectivity index (χ2v) is 10.5. The van der Waals surface area contributed by atoms with Crippen molar-refractivity contribution in [1.29, 1.82) is 0 Å². The van der Waals surface area contributed by atoms with E-state index in [0.717, 1.165) is 34.1 Å². The molecule has 1 heterocycles. The van der Waals surface area contributed by atoms with Crippen LogP contribution in [-0.2, 0) is 16.1 Å². The van der Waals surface area contributed by atoms with Crippen LogP contribution in [0, 0.1) is 6.92 Å². The number of aryl methyl sites for hydroxylation is 1. The number of hydrogen-bond donors (Lipinski definition) is 1. The standard InChI is InChI=1S/C31H32N2O5S/c1-5-37-27-16-22(17-28-30(35)33(31(36)39-28)18-23-10-8-9-21(4)15-23)13-14-26(27)38-19-29(34)32-25-12-7-6-11-24(25)20(2)3/h6-17,20H,5,18-19H2,1-4H3,(H,32,34)/b28-17+. The van der Waals surface area contributed by atoms with Crippen LogP contribution in [-0.4, -0.2) is 35.2 Å². The highest BCUT2D eigenvalue weighted by Gasteiger charge is 2.35. The van der Waals surface area contributed by atoms with Crippen molar-refractivity contribution < 1.29 is 23.9 Å². The molecule has 1 aliphatic heterocycles. The fourth-order valence-corrected chi connectivity index (χ4v) is 5.06. The molecule has 3 aromatic rings. The van der Waals surface area contributed by atoms with Crippen molar-refractivity contribution in [3.63, 3.8) is 0 Å². The Hall–Kier alpha value is -4.04. The summed E-state index contributed by atoms with van der Waals surface area (Å²) in [5.41, 5.74) is 4.46. The van der Waals surface area contributed by atoms with E-state index in [1.165, 1.54) is 4.90 Å². The summed E-state index contributed by atoms with van der Waals surface area (Å²) in [5.74, 6) is 0.512. The number of carbonyl (C=O) groups excluding carboxylic acids is 3. The average molecular weight is 545 g/mol. The van der Waals surface area contributed by atoms with Crippen LogP contribution in [0.15, 0.2) is 71.6 Å². The number of imide groups is 1. The van der Waals surface area contributed by atoms with Crippen LogP contribution in [0.3, 0.4) is 0 Å². The first-order valence-electron chi connectivity index (χ1n) is 12.8. The molecule has 0 saturated carbocycles. The lowest BCUT2D eigenvalue weighted by atomic mass is 10.0. The maximum absolute atomic E-state index is 13.0. The molecule has 0 spiro atoms. The monoisotopic (exact) mass is 544 g/mol. The van der Waals surface area contributed by atoms with Gasteiger partial charge in [-0.15, -0.1) is 0 Å². The zero-order valence-electron chi connectivity index (χ0n) is 22.5. The van der Waals surface area contributed by atoms with Gasteiger partial charge in [-0.3, -0.25) is 19.3 Å². The van der Waals surface area contributed by atoms with Crippen LogP contribution in [0.5, 0.6) is 11.5 Å². The third kappa shape index (κ3) is 7.09. The third-order valence-corrected chi connectivity index (χ3v) is 6.99. The highest BCUT2D eigenvalue weighted by atomic mass is 32.2. The molecule has 4 rings (SSSR count). The number of anilines is 1. The van der Waals surface area contributed by atoms with E-state index in [1.54, 1.807) is 24.3 Å². The summed E-state index contributed by atoms with van der Waals surface area (Å²) >= 11 is 0.915. The van der Waals surface area contributed by atoms with E-state index in [4.69, 9.17) is 9.47 Å². The van der Waals surface area contributed by atoms with E-state index in [2.05, 4.69) is 19.2 Å². The largest absolute Gasteiger partial charge is 0.490 e. The van der Waals surface area contributed by atoms with Gasteiger partial charge in [0.15, 0.2) is 18.1 Å². The number of ether oxygens (including phenoxy) is 2. The molecule has 39 heavy (non-hydrogen) atoms. The SMILES string of the molecule is CCOc1cc(/C=C2/SC(=O)N(Cc3cccc(C)c3)C2=O)ccc1OCC(=O)Nc1ccccc1C(C)C. The van der Waals surface area contributed by atoms with Crippen molar-refractivity contribution >= 4 is 40.6 Å². The Balaban J connectivity index is 1.45. The first kappa shape index (κ1) is 28.0. The number of nitrogens with zero attached hydrogens (tertiary/aromatic N) is 1. The molecule has 1 N–H and O–H groups in total. The van der Waals surface area contributed by atoms with Crippen LogP contribution in [0.25, 0.3) is 6.08 Å². The van der Waals surface area contributed by atoms with E-state index in [1.807, 2.05) is 62.4 Å². The Kier molecular flexibility index (Phi) is 9.09. The van der Waals surface area contributed by atoms with E-state index >= 15 is 0 Å². The maximum atomic E-state index is 13.0. The summed E-state index contributed by atoms with van der Waals surface area (Å²) in [6.45, 7) is 8.39. The number of hydrogen-bond acceptors (Lipinski definition) is 6. The minimum Gasteiger partial charge on any atom is -0.490 e. The van der Waals surface area contributed by atoms with Crippen molar-refractivity contribution in [2.24, 2.45) is 0 Å². The lowest BCUT2D eigenvalue weighted by Crippen LogP contribution is -2.27. The van der Waals surface area contributed by atoms with Crippen molar-refractivity contribution in [1.82, 2.24) is 4.90 Å². The average Bonchev–Trinajstić information content (AvgIpc) is 3.16. The summed E-state index contributed by atoms with van der Waals surface area (Å²) in [6, 6.07) is 20.6. The van der Waals surface area contributed by atoms with E-state index in [-0.39, 0.29) is 36.1 Å². The number of para-hydroxylation sites is 1. The van der Waals surface area contributed by atoms with Gasteiger partial charge >= 0.3 is 0 Å². The number of thioether (sulfide) groups is 1. The first-order valence-corrected chi connectivity index (χ1v) is 13.7. The highest BCUT2D eigenvalue weighted by Crippen LogP contribution is 2.35. The van der Waals surface area contributed by atoms with Gasteiger partial charge in [0.2, 0.25) is 0 Å². The van der Waals surface area contributed by atoms with Gasteiger partial charge in [-0.2, -0.15) is 0 Å². The first-order chi connectivity index (χ1) is 18.7. The van der Waals surface area contributed by atoms with Crippen LogP contribution < -0.4 is 14.8 Å². The molecule has 3 amide bonds. The second-order valence-electron chi connectivity index (χ2n) is 9.47. The Morgan fingerprint density at radius 3 is 2.54 bits per heavy atom. The van der Waals surface area contributed by atoms with Gasteiger partial charge in [0.1, 0.15) is 0 Å². The number of rotatable bonds is 10. The summed E-state index contributed by atoms with van der Waals surface area (Å²) in [6.07, 6.45) is 1.67. The molecule has 3 aromatic carbocycles. The summed E-state index contributed by atoms with van der Waals surface area (Å²) < 4.78 is 11.5. The zero-order chi connectivity index (χ0) is 27.9. The molecule has 8 heteroatoms. The Morgan fingerprint density at radius 1 is 1.00 bits per heavy atom. The number of benzene rings is 3. The van der Waals surface area contributed by atoms with Gasteiger partial charge in [0.25, 0.3) is 17.1 Å². The van der Waals surface area contributed by atoms with E-state index < -0.39 is 0 Å². The minimum atomic E-state index is -0.330. The number of amides is 3. The van der Waals surface area contributed by atoms with Gasteiger partial charge in [-0.1, -0.05) is 67.9 Å². The van der Waals surface area contributed by atoms with Gasteiger partial charge in [0.05, 0.1) is 18.1 Å². The van der Waals surface area contributed by atoms with Gasteiger partial charge in [0, 0.05) is 5.69 Å². The smallest absolute Gasteiger partial charge is 0.293 e. The van der Waals surface area contributed by atoms with Crippen LogP contribution in [0.4, 0.5) is 10.5 Å². The Labute approximate surface area is 233 Å². The van der Waals surface area contributed by atoms with E-state index in [9.17, 15) is 14.4 Å². The number of carbonyl (C=O) groups is 3. The summed E-state index contributed by atoms with van der Waals surface area (Å²) in [4.78, 5) is 39.8. The highest BCUT2D eigenvalue weighted by molar-refractivity contribution is 8.18. The molecular weight excluding hydrogens is 512 g/mol. The molecule has 1 aliphatic rings. The maximum Gasteiger partial charge on any atom is 0.293 e. The fraction of sp³-hybridized carbons (Fsp3) is 0.258. The Bertz CT molecular complexity index is 1420. The molecule has 0 atom stereocenters.